The zero-order valence-electron chi connectivity index (χ0n) is 20.2. The summed E-state index contributed by atoms with van der Waals surface area (Å²) in [5, 5.41) is 10.8. The molecule has 3 heterocycles. The van der Waals surface area contributed by atoms with Crippen molar-refractivity contribution in [3.8, 4) is 5.69 Å². The van der Waals surface area contributed by atoms with Crippen molar-refractivity contribution in [1.29, 1.82) is 0 Å². The highest BCUT2D eigenvalue weighted by atomic mass is 35.5. The predicted octanol–water partition coefficient (Wildman–Crippen LogP) is 5.09. The molecule has 0 unspecified atom stereocenters. The Morgan fingerprint density at radius 2 is 1.94 bits per heavy atom. The van der Waals surface area contributed by atoms with Crippen LogP contribution in [0.1, 0.15) is 48.7 Å². The number of ether oxygens (including phenoxy) is 1. The molecule has 2 aliphatic heterocycles. The molecule has 36 heavy (non-hydrogen) atoms. The topological polar surface area (TPSA) is 72.6 Å². The van der Waals surface area contributed by atoms with Crippen molar-refractivity contribution < 1.29 is 13.9 Å². The lowest BCUT2D eigenvalue weighted by molar-refractivity contribution is -0.140. The van der Waals surface area contributed by atoms with Gasteiger partial charge in [-0.1, -0.05) is 35.5 Å². The molecule has 0 spiro atoms. The summed E-state index contributed by atoms with van der Waals surface area (Å²) in [6.07, 6.45) is 2.61. The van der Waals surface area contributed by atoms with Gasteiger partial charge in [0.15, 0.2) is 11.0 Å². The van der Waals surface area contributed by atoms with E-state index in [1.54, 1.807) is 36.0 Å². The normalized spacial score (nSPS) is 18.2. The Kier molecular flexibility index (Phi) is 7.41. The molecular formula is C26H27ClFN5O2S. The first-order chi connectivity index (χ1) is 17.4. The molecule has 0 aliphatic carbocycles. The van der Waals surface area contributed by atoms with Gasteiger partial charge in [-0.05, 0) is 69.7 Å². The number of carbonyl (C=O) groups is 1. The summed E-state index contributed by atoms with van der Waals surface area (Å²) in [5.74, 6) is -0.105. The highest BCUT2D eigenvalue weighted by molar-refractivity contribution is 7.99. The lowest BCUT2D eigenvalue weighted by atomic mass is 10.00. The molecular weight excluding hydrogens is 501 g/mol. The van der Waals surface area contributed by atoms with Crippen LogP contribution in [0, 0.1) is 5.82 Å². The fourth-order valence-electron chi connectivity index (χ4n) is 4.65. The second kappa shape index (κ2) is 10.7. The molecule has 5 rings (SSSR count). The molecule has 188 valence electrons. The minimum Gasteiger partial charge on any atom is -0.469 e. The van der Waals surface area contributed by atoms with Crippen LogP contribution in [0.15, 0.2) is 52.6 Å². The van der Waals surface area contributed by atoms with Crippen LogP contribution in [0.4, 0.5) is 4.39 Å². The predicted molar refractivity (Wildman–Crippen MR) is 139 cm³/mol. The largest absolute Gasteiger partial charge is 0.469 e. The number of thioether (sulfide) groups is 1. The van der Waals surface area contributed by atoms with Crippen molar-refractivity contribution in [2.45, 2.75) is 42.1 Å². The Hall–Kier alpha value is -2.75. The van der Waals surface area contributed by atoms with Gasteiger partial charge < -0.3 is 9.64 Å². The number of hydrogen-bond donors (Lipinski definition) is 0. The number of benzene rings is 2. The van der Waals surface area contributed by atoms with Crippen LogP contribution in [-0.2, 0) is 9.53 Å². The maximum atomic E-state index is 15.0. The molecule has 1 atom stereocenters. The summed E-state index contributed by atoms with van der Waals surface area (Å²) in [6.45, 7) is 2.07. The fraction of sp³-hybridized carbons (Fsp3) is 0.385. The monoisotopic (exact) mass is 527 g/mol. The molecule has 0 amide bonds. The van der Waals surface area contributed by atoms with Crippen molar-refractivity contribution in [3.05, 3.63) is 70.3 Å². The quantitative estimate of drug-likeness (QED) is 0.416. The van der Waals surface area contributed by atoms with E-state index in [9.17, 15) is 4.79 Å². The minimum atomic E-state index is -0.524. The number of carbonyl (C=O) groups excluding carboxylic acids is 1. The van der Waals surface area contributed by atoms with E-state index in [4.69, 9.17) is 21.3 Å². The van der Waals surface area contributed by atoms with Crippen LogP contribution in [0.5, 0.6) is 0 Å². The highest BCUT2D eigenvalue weighted by Crippen LogP contribution is 2.38. The third-order valence-corrected chi connectivity index (χ3v) is 8.13. The SMILES string of the molecule is COC(=O)CC[C@@H]1N=C(c2ccccc2F)c2cc(Cl)ccc2-n2c(SC3CCN(C)CC3)nnc21. The number of aliphatic imine (C=N–C) groups is 1. The lowest BCUT2D eigenvalue weighted by Crippen LogP contribution is -2.31. The van der Waals surface area contributed by atoms with E-state index in [0.717, 1.165) is 36.8 Å². The van der Waals surface area contributed by atoms with Gasteiger partial charge in [0.25, 0.3) is 0 Å². The molecule has 2 aliphatic rings. The fourth-order valence-corrected chi connectivity index (χ4v) is 5.95. The van der Waals surface area contributed by atoms with Crippen molar-refractivity contribution in [3.63, 3.8) is 0 Å². The smallest absolute Gasteiger partial charge is 0.305 e. The Morgan fingerprint density at radius 1 is 1.17 bits per heavy atom. The van der Waals surface area contributed by atoms with Gasteiger partial charge in [0.1, 0.15) is 11.9 Å². The first-order valence-electron chi connectivity index (χ1n) is 11.9. The molecule has 0 radical (unpaired) electrons. The van der Waals surface area contributed by atoms with Gasteiger partial charge in [0.2, 0.25) is 0 Å². The first-order valence-corrected chi connectivity index (χ1v) is 13.2. The Morgan fingerprint density at radius 3 is 2.69 bits per heavy atom. The lowest BCUT2D eigenvalue weighted by Gasteiger charge is -2.28. The summed E-state index contributed by atoms with van der Waals surface area (Å²) in [6, 6.07) is 11.5. The standard InChI is InChI=1S/C26H27ClFN5O2S/c1-32-13-11-17(12-14-32)36-26-31-30-25-21(8-10-23(34)35-2)29-24(18-5-3-4-6-20(18)28)19-15-16(27)7-9-22(19)33(25)26/h3-7,9,15,17,21H,8,10-14H2,1-2H3/t21-/m0/s1. The number of fused-ring (bicyclic) bond motifs is 3. The van der Waals surface area contributed by atoms with E-state index in [1.165, 1.54) is 13.2 Å². The highest BCUT2D eigenvalue weighted by Gasteiger charge is 2.32. The Labute approximate surface area is 218 Å². The van der Waals surface area contributed by atoms with Gasteiger partial charge in [-0.3, -0.25) is 14.4 Å². The molecule has 0 bridgehead atoms. The second-order valence-electron chi connectivity index (χ2n) is 9.05. The molecule has 2 aromatic carbocycles. The maximum Gasteiger partial charge on any atom is 0.305 e. The third-order valence-electron chi connectivity index (χ3n) is 6.61. The summed E-state index contributed by atoms with van der Waals surface area (Å²) < 4.78 is 21.9. The van der Waals surface area contributed by atoms with Crippen LogP contribution >= 0.6 is 23.4 Å². The summed E-state index contributed by atoms with van der Waals surface area (Å²) in [5.41, 5.74) is 2.32. The molecule has 1 saturated heterocycles. The number of rotatable bonds is 6. The number of hydrogen-bond acceptors (Lipinski definition) is 7. The van der Waals surface area contributed by atoms with Gasteiger partial charge in [-0.25, -0.2) is 4.39 Å². The molecule has 0 N–H and O–H groups in total. The van der Waals surface area contributed by atoms with Crippen molar-refractivity contribution >= 4 is 35.0 Å². The van der Waals surface area contributed by atoms with Gasteiger partial charge in [0.05, 0.1) is 18.5 Å². The van der Waals surface area contributed by atoms with E-state index < -0.39 is 6.04 Å². The van der Waals surface area contributed by atoms with Crippen LogP contribution in [0.2, 0.25) is 5.02 Å². The van der Waals surface area contributed by atoms with Crippen LogP contribution in [0.3, 0.4) is 0 Å². The molecule has 1 aromatic heterocycles. The van der Waals surface area contributed by atoms with Crippen molar-refractivity contribution in [2.75, 3.05) is 27.2 Å². The number of methoxy groups -OCH3 is 1. The number of likely N-dealkylation sites (tertiary alicyclic amines) is 1. The Balaban J connectivity index is 1.64. The van der Waals surface area contributed by atoms with Crippen molar-refractivity contribution in [2.24, 2.45) is 4.99 Å². The Bertz CT molecular complexity index is 1310. The summed E-state index contributed by atoms with van der Waals surface area (Å²) in [4.78, 5) is 19.3. The van der Waals surface area contributed by atoms with Crippen molar-refractivity contribution in [1.82, 2.24) is 19.7 Å². The van der Waals surface area contributed by atoms with Gasteiger partial charge in [-0.2, -0.15) is 0 Å². The summed E-state index contributed by atoms with van der Waals surface area (Å²) >= 11 is 8.14. The molecule has 10 heteroatoms. The minimum absolute atomic E-state index is 0.149. The van der Waals surface area contributed by atoms with E-state index in [2.05, 4.69) is 22.1 Å². The van der Waals surface area contributed by atoms with Gasteiger partial charge >= 0.3 is 5.97 Å². The van der Waals surface area contributed by atoms with E-state index in [-0.39, 0.29) is 18.2 Å². The number of nitrogens with zero attached hydrogens (tertiary/aromatic N) is 5. The maximum absolute atomic E-state index is 15.0. The van der Waals surface area contributed by atoms with Gasteiger partial charge in [0, 0.05) is 27.8 Å². The average Bonchev–Trinajstić information content (AvgIpc) is 3.23. The van der Waals surface area contributed by atoms with Crippen LogP contribution in [-0.4, -0.2) is 63.8 Å². The molecule has 0 saturated carbocycles. The van der Waals surface area contributed by atoms with Gasteiger partial charge in [-0.15, -0.1) is 10.2 Å². The number of aromatic nitrogens is 3. The number of esters is 1. The number of halogens is 2. The van der Waals surface area contributed by atoms with E-state index >= 15 is 4.39 Å². The third kappa shape index (κ3) is 5.05. The second-order valence-corrected chi connectivity index (χ2v) is 10.8. The molecule has 1 fully saturated rings. The van der Waals surface area contributed by atoms with E-state index in [1.807, 2.05) is 16.7 Å². The molecule has 3 aromatic rings. The number of piperidine rings is 1. The van der Waals surface area contributed by atoms with Crippen LogP contribution < -0.4 is 0 Å². The molecule has 7 nitrogen and oxygen atoms in total. The summed E-state index contributed by atoms with van der Waals surface area (Å²) in [7, 11) is 3.50. The van der Waals surface area contributed by atoms with E-state index in [0.29, 0.717) is 39.4 Å². The zero-order chi connectivity index (χ0) is 25.2. The average molecular weight is 528 g/mol. The van der Waals surface area contributed by atoms with Crippen LogP contribution in [0.25, 0.3) is 5.69 Å². The first kappa shape index (κ1) is 24.9. The zero-order valence-corrected chi connectivity index (χ0v) is 21.7.